The number of nitriles is 1. The van der Waals surface area contributed by atoms with E-state index in [0.717, 1.165) is 50.2 Å². The molecule has 1 fully saturated rings. The van der Waals surface area contributed by atoms with Gasteiger partial charge >= 0.3 is 6.03 Å². The van der Waals surface area contributed by atoms with Crippen LogP contribution < -0.4 is 10.6 Å². The highest BCUT2D eigenvalue weighted by Crippen LogP contribution is 2.33. The molecule has 8 nitrogen and oxygen atoms in total. The van der Waals surface area contributed by atoms with E-state index in [4.69, 9.17) is 10.2 Å². The third-order valence-corrected chi connectivity index (χ3v) is 8.59. The first kappa shape index (κ1) is 26.7. The predicted molar refractivity (Wildman–Crippen MR) is 160 cm³/mol. The van der Waals surface area contributed by atoms with Crippen LogP contribution in [-0.2, 0) is 19.5 Å². The summed E-state index contributed by atoms with van der Waals surface area (Å²) in [5, 5.41) is 15.6. The number of fused-ring (bicyclic) bond motifs is 1. The molecule has 1 unspecified atom stereocenters. The molecule has 9 heteroatoms. The van der Waals surface area contributed by atoms with E-state index >= 15 is 0 Å². The smallest absolute Gasteiger partial charge is 0.317 e. The average Bonchev–Trinajstić information content (AvgIpc) is 3.65. The van der Waals surface area contributed by atoms with E-state index in [9.17, 15) is 9.59 Å². The SMILES string of the molecule is N#Cc1ccc(NC(=O)N2CCCC2c2cccc(C(=O)Nc3nc4c(s3)CN(Cc3ccccc3)CC4)c2)cc1. The van der Waals surface area contributed by atoms with Crippen molar-refractivity contribution in [3.63, 3.8) is 0 Å². The average molecular weight is 563 g/mol. The summed E-state index contributed by atoms with van der Waals surface area (Å²) in [5.41, 5.74) is 5.02. The largest absolute Gasteiger partial charge is 0.322 e. The van der Waals surface area contributed by atoms with Gasteiger partial charge in [-0.25, -0.2) is 9.78 Å². The molecular formula is C32H30N6O2S. The second-order valence-corrected chi connectivity index (χ2v) is 11.5. The van der Waals surface area contributed by atoms with Gasteiger partial charge in [0.25, 0.3) is 5.91 Å². The number of benzene rings is 3. The first-order valence-corrected chi connectivity index (χ1v) is 14.6. The number of carbonyl (C=O) groups excluding carboxylic acids is 2. The number of amides is 3. The highest BCUT2D eigenvalue weighted by molar-refractivity contribution is 7.15. The summed E-state index contributed by atoms with van der Waals surface area (Å²) < 4.78 is 0. The summed E-state index contributed by atoms with van der Waals surface area (Å²) in [5.74, 6) is -0.203. The van der Waals surface area contributed by atoms with Crippen LogP contribution in [0.3, 0.4) is 0 Å². The molecule has 0 spiro atoms. The maximum atomic E-state index is 13.2. The van der Waals surface area contributed by atoms with E-state index in [2.05, 4.69) is 45.9 Å². The number of hydrogen-bond acceptors (Lipinski definition) is 6. The fraction of sp³-hybridized carbons (Fsp3) is 0.250. The zero-order valence-corrected chi connectivity index (χ0v) is 23.4. The Morgan fingerprint density at radius 2 is 1.83 bits per heavy atom. The predicted octanol–water partition coefficient (Wildman–Crippen LogP) is 6.19. The van der Waals surface area contributed by atoms with Gasteiger partial charge in [-0.1, -0.05) is 42.5 Å². The van der Waals surface area contributed by atoms with Crippen LogP contribution in [0.25, 0.3) is 0 Å². The molecule has 0 bridgehead atoms. The number of hydrogen-bond donors (Lipinski definition) is 2. The summed E-state index contributed by atoms with van der Waals surface area (Å²) in [4.78, 5) is 36.5. The first-order valence-electron chi connectivity index (χ1n) is 13.8. The van der Waals surface area contributed by atoms with Crippen LogP contribution in [0.4, 0.5) is 15.6 Å². The van der Waals surface area contributed by atoms with E-state index in [-0.39, 0.29) is 18.0 Å². The molecule has 0 aliphatic carbocycles. The fourth-order valence-corrected chi connectivity index (χ4v) is 6.56. The third-order valence-electron chi connectivity index (χ3n) is 7.59. The van der Waals surface area contributed by atoms with Gasteiger partial charge in [0, 0.05) is 48.7 Å². The minimum absolute atomic E-state index is 0.121. The van der Waals surface area contributed by atoms with Gasteiger partial charge in [-0.05, 0) is 60.4 Å². The van der Waals surface area contributed by atoms with E-state index < -0.39 is 0 Å². The maximum Gasteiger partial charge on any atom is 0.322 e. The van der Waals surface area contributed by atoms with Crippen molar-refractivity contribution in [1.82, 2.24) is 14.8 Å². The second-order valence-electron chi connectivity index (χ2n) is 10.4. The van der Waals surface area contributed by atoms with Crippen LogP contribution >= 0.6 is 11.3 Å². The summed E-state index contributed by atoms with van der Waals surface area (Å²) in [6, 6.07) is 26.6. The van der Waals surface area contributed by atoms with E-state index in [1.807, 2.05) is 29.2 Å². The lowest BCUT2D eigenvalue weighted by Crippen LogP contribution is -2.34. The molecule has 3 heterocycles. The van der Waals surface area contributed by atoms with Crippen LogP contribution in [0.1, 0.15) is 56.5 Å². The number of likely N-dealkylation sites (tertiary alicyclic amines) is 1. The number of aromatic nitrogens is 1. The van der Waals surface area contributed by atoms with Crippen LogP contribution in [0.2, 0.25) is 0 Å². The van der Waals surface area contributed by atoms with Crippen molar-refractivity contribution in [3.05, 3.63) is 112 Å². The monoisotopic (exact) mass is 562 g/mol. The number of carbonyl (C=O) groups is 2. The molecule has 3 amide bonds. The van der Waals surface area contributed by atoms with Crippen molar-refractivity contribution in [2.75, 3.05) is 23.7 Å². The number of anilines is 2. The topological polar surface area (TPSA) is 101 Å². The van der Waals surface area contributed by atoms with Crippen molar-refractivity contribution < 1.29 is 9.59 Å². The van der Waals surface area contributed by atoms with Crippen molar-refractivity contribution >= 4 is 34.1 Å². The number of rotatable bonds is 6. The number of nitrogens with zero attached hydrogens (tertiary/aromatic N) is 4. The minimum atomic E-state index is -0.203. The van der Waals surface area contributed by atoms with Gasteiger partial charge < -0.3 is 10.2 Å². The van der Waals surface area contributed by atoms with E-state index in [0.29, 0.717) is 28.5 Å². The van der Waals surface area contributed by atoms with Gasteiger partial charge in [-0.3, -0.25) is 15.0 Å². The second kappa shape index (κ2) is 11.9. The molecule has 2 aliphatic rings. The zero-order chi connectivity index (χ0) is 28.2. The minimum Gasteiger partial charge on any atom is -0.317 e. The number of urea groups is 1. The Labute approximate surface area is 243 Å². The van der Waals surface area contributed by atoms with Crippen LogP contribution in [0.5, 0.6) is 0 Å². The molecule has 4 aromatic rings. The van der Waals surface area contributed by atoms with Gasteiger partial charge in [0.15, 0.2) is 5.13 Å². The third kappa shape index (κ3) is 6.14. The lowest BCUT2D eigenvalue weighted by molar-refractivity contribution is 0.102. The van der Waals surface area contributed by atoms with Gasteiger partial charge in [0.05, 0.1) is 23.4 Å². The standard InChI is InChI=1S/C32H30N6O2S/c33-19-22-11-13-26(14-12-22)34-32(40)38-16-5-10-28(38)24-8-4-9-25(18-24)30(39)36-31-35-27-15-17-37(21-29(27)41-31)20-23-6-2-1-3-7-23/h1-4,6-9,11-14,18,28H,5,10,15-17,20-21H2,(H,34,40)(H,35,36,39). The summed E-state index contributed by atoms with van der Waals surface area (Å²) >= 11 is 1.55. The van der Waals surface area contributed by atoms with Gasteiger partial charge in [-0.2, -0.15) is 5.26 Å². The highest BCUT2D eigenvalue weighted by atomic mass is 32.1. The first-order chi connectivity index (χ1) is 20.1. The molecule has 1 aromatic heterocycles. The normalized spacial score (nSPS) is 16.6. The number of nitrogens with one attached hydrogen (secondary N) is 2. The highest BCUT2D eigenvalue weighted by Gasteiger charge is 2.30. The van der Waals surface area contributed by atoms with E-state index in [1.165, 1.54) is 10.4 Å². The Morgan fingerprint density at radius 3 is 2.63 bits per heavy atom. The maximum absolute atomic E-state index is 13.2. The quantitative estimate of drug-likeness (QED) is 0.292. The summed E-state index contributed by atoms with van der Waals surface area (Å²) in [7, 11) is 0. The van der Waals surface area contributed by atoms with Crippen LogP contribution in [0.15, 0.2) is 78.9 Å². The lowest BCUT2D eigenvalue weighted by Gasteiger charge is -2.25. The van der Waals surface area contributed by atoms with Crippen molar-refractivity contribution in [2.45, 2.75) is 38.4 Å². The van der Waals surface area contributed by atoms with Crippen molar-refractivity contribution in [2.24, 2.45) is 0 Å². The summed E-state index contributed by atoms with van der Waals surface area (Å²) in [6.07, 6.45) is 2.57. The van der Waals surface area contributed by atoms with Crippen molar-refractivity contribution in [3.8, 4) is 6.07 Å². The van der Waals surface area contributed by atoms with Gasteiger partial charge in [0.1, 0.15) is 0 Å². The molecule has 2 aliphatic heterocycles. The molecule has 1 atom stereocenters. The Morgan fingerprint density at radius 1 is 1.00 bits per heavy atom. The van der Waals surface area contributed by atoms with Gasteiger partial charge in [0.2, 0.25) is 0 Å². The molecule has 6 rings (SSSR count). The molecule has 1 saturated heterocycles. The molecule has 3 aromatic carbocycles. The molecule has 41 heavy (non-hydrogen) atoms. The Bertz CT molecular complexity index is 1590. The summed E-state index contributed by atoms with van der Waals surface area (Å²) in [6.45, 7) is 3.30. The van der Waals surface area contributed by atoms with Crippen LogP contribution in [0, 0.1) is 11.3 Å². The molecule has 0 radical (unpaired) electrons. The fourth-order valence-electron chi connectivity index (χ4n) is 5.51. The Hall–Kier alpha value is -4.52. The van der Waals surface area contributed by atoms with E-state index in [1.54, 1.807) is 41.7 Å². The molecule has 0 saturated carbocycles. The van der Waals surface area contributed by atoms with Crippen LogP contribution in [-0.4, -0.2) is 39.8 Å². The Kier molecular flexibility index (Phi) is 7.76. The van der Waals surface area contributed by atoms with Crippen molar-refractivity contribution in [1.29, 1.82) is 5.26 Å². The lowest BCUT2D eigenvalue weighted by atomic mass is 10.0. The van der Waals surface area contributed by atoms with Gasteiger partial charge in [-0.15, -0.1) is 11.3 Å². The molecular weight excluding hydrogens is 532 g/mol. The zero-order valence-electron chi connectivity index (χ0n) is 22.5. The molecule has 2 N–H and O–H groups in total. The Balaban J connectivity index is 1.10. The molecule has 206 valence electrons. The number of thiazole rings is 1.